The maximum Gasteiger partial charge on any atom is 0.237 e. The van der Waals surface area contributed by atoms with Gasteiger partial charge in [0.15, 0.2) is 0 Å². The number of aryl methyl sites for hydroxylation is 1. The zero-order valence-corrected chi connectivity index (χ0v) is 15.2. The molecule has 3 aromatic rings. The Bertz CT molecular complexity index is 991. The molecule has 1 amide bonds. The number of carbonyl (C=O) groups is 1. The van der Waals surface area contributed by atoms with Crippen molar-refractivity contribution >= 4 is 16.9 Å². The largest absolute Gasteiger partial charge is 0.336 e. The molecule has 0 N–H and O–H groups in total. The molecule has 0 bridgehead atoms. The minimum Gasteiger partial charge on any atom is -0.336 e. The van der Waals surface area contributed by atoms with Crippen molar-refractivity contribution in [2.75, 3.05) is 19.6 Å². The number of amides is 1. The van der Waals surface area contributed by atoms with Gasteiger partial charge in [-0.2, -0.15) is 0 Å². The molecule has 1 aliphatic rings. The number of benzene rings is 2. The summed E-state index contributed by atoms with van der Waals surface area (Å²) in [5.74, 6) is -0.259. The minimum atomic E-state index is -0.269. The lowest BCUT2D eigenvalue weighted by atomic mass is 10.1. The molecule has 1 aromatic heterocycles. The van der Waals surface area contributed by atoms with E-state index >= 15 is 0 Å². The molecule has 1 saturated heterocycles. The number of carbonyl (C=O) groups excluding carboxylic acids is 1. The number of nitrogens with zero attached hydrogens (tertiary/aromatic N) is 4. The Labute approximate surface area is 157 Å². The molecular formula is C21H21FN4O. The summed E-state index contributed by atoms with van der Waals surface area (Å²) in [6, 6.07) is 14.4. The van der Waals surface area contributed by atoms with Crippen molar-refractivity contribution in [1.82, 2.24) is 19.8 Å². The third-order valence-electron chi connectivity index (χ3n) is 4.93. The number of para-hydroxylation sites is 2. The standard InChI is InChI=1S/C21H21FN4O/c1-15-20(24-19-9-5-4-8-18(19)23-15)13-25-10-11-26(21(27)14-25)12-16-6-2-3-7-17(16)22/h2-9H,10-14H2,1H3. The first-order chi connectivity index (χ1) is 13.1. The molecule has 5 nitrogen and oxygen atoms in total. The second-order valence-electron chi connectivity index (χ2n) is 6.86. The zero-order chi connectivity index (χ0) is 18.8. The van der Waals surface area contributed by atoms with Gasteiger partial charge in [-0.1, -0.05) is 30.3 Å². The predicted octanol–water partition coefficient (Wildman–Crippen LogP) is 2.92. The highest BCUT2D eigenvalue weighted by Crippen LogP contribution is 2.17. The van der Waals surface area contributed by atoms with Crippen LogP contribution in [-0.2, 0) is 17.9 Å². The number of piperazine rings is 1. The van der Waals surface area contributed by atoms with E-state index in [9.17, 15) is 9.18 Å². The molecule has 0 spiro atoms. The third kappa shape index (κ3) is 3.80. The van der Waals surface area contributed by atoms with Crippen LogP contribution in [0.4, 0.5) is 4.39 Å². The molecule has 27 heavy (non-hydrogen) atoms. The Balaban J connectivity index is 1.43. The molecular weight excluding hydrogens is 343 g/mol. The molecule has 0 unspecified atom stereocenters. The number of fused-ring (bicyclic) bond motifs is 1. The Kier molecular flexibility index (Phi) is 4.81. The van der Waals surface area contributed by atoms with Gasteiger partial charge in [0.05, 0.1) is 29.0 Å². The quantitative estimate of drug-likeness (QED) is 0.714. The fraction of sp³-hybridized carbons (Fsp3) is 0.286. The van der Waals surface area contributed by atoms with Crippen molar-refractivity contribution in [3.05, 3.63) is 71.3 Å². The first-order valence-corrected chi connectivity index (χ1v) is 9.06. The fourth-order valence-corrected chi connectivity index (χ4v) is 3.38. The summed E-state index contributed by atoms with van der Waals surface area (Å²) in [6.07, 6.45) is 0. The molecule has 2 aromatic carbocycles. The summed E-state index contributed by atoms with van der Waals surface area (Å²) in [5.41, 5.74) is 4.07. The van der Waals surface area contributed by atoms with Crippen LogP contribution in [0.1, 0.15) is 17.0 Å². The average Bonchev–Trinajstić information content (AvgIpc) is 2.66. The summed E-state index contributed by atoms with van der Waals surface area (Å²) < 4.78 is 13.8. The van der Waals surface area contributed by atoms with Gasteiger partial charge in [0, 0.05) is 31.7 Å². The van der Waals surface area contributed by atoms with E-state index in [4.69, 9.17) is 4.98 Å². The van der Waals surface area contributed by atoms with Crippen molar-refractivity contribution in [2.45, 2.75) is 20.0 Å². The maximum atomic E-state index is 13.8. The smallest absolute Gasteiger partial charge is 0.237 e. The van der Waals surface area contributed by atoms with Gasteiger partial charge >= 0.3 is 0 Å². The van der Waals surface area contributed by atoms with Crippen molar-refractivity contribution < 1.29 is 9.18 Å². The first-order valence-electron chi connectivity index (χ1n) is 9.06. The summed E-state index contributed by atoms with van der Waals surface area (Å²) in [5, 5.41) is 0. The van der Waals surface area contributed by atoms with Crippen molar-refractivity contribution in [1.29, 1.82) is 0 Å². The highest BCUT2D eigenvalue weighted by atomic mass is 19.1. The SMILES string of the molecule is Cc1nc2ccccc2nc1CN1CCN(Cc2ccccc2F)C(=O)C1. The van der Waals surface area contributed by atoms with Crippen molar-refractivity contribution in [2.24, 2.45) is 0 Å². The van der Waals surface area contributed by atoms with Crippen molar-refractivity contribution in [3.8, 4) is 0 Å². The normalized spacial score (nSPS) is 15.5. The average molecular weight is 364 g/mol. The molecule has 0 radical (unpaired) electrons. The van der Waals surface area contributed by atoms with Crippen molar-refractivity contribution in [3.63, 3.8) is 0 Å². The molecule has 1 aliphatic heterocycles. The fourth-order valence-electron chi connectivity index (χ4n) is 3.38. The topological polar surface area (TPSA) is 49.3 Å². The van der Waals surface area contributed by atoms with E-state index in [1.807, 2.05) is 31.2 Å². The number of halogens is 1. The van der Waals surface area contributed by atoms with Gasteiger partial charge < -0.3 is 4.90 Å². The lowest BCUT2D eigenvalue weighted by Crippen LogP contribution is -2.49. The number of hydrogen-bond acceptors (Lipinski definition) is 4. The monoisotopic (exact) mass is 364 g/mol. The number of rotatable bonds is 4. The van der Waals surface area contributed by atoms with Gasteiger partial charge in [0.25, 0.3) is 0 Å². The van der Waals surface area contributed by atoms with Gasteiger partial charge in [-0.05, 0) is 25.1 Å². The summed E-state index contributed by atoms with van der Waals surface area (Å²) >= 11 is 0. The van der Waals surface area contributed by atoms with Crippen LogP contribution in [-0.4, -0.2) is 45.3 Å². The van der Waals surface area contributed by atoms with Crippen LogP contribution in [0.25, 0.3) is 11.0 Å². The second kappa shape index (κ2) is 7.40. The van der Waals surface area contributed by atoms with E-state index in [2.05, 4.69) is 9.88 Å². The highest BCUT2D eigenvalue weighted by Gasteiger charge is 2.25. The lowest BCUT2D eigenvalue weighted by molar-refractivity contribution is -0.136. The minimum absolute atomic E-state index is 0.0101. The van der Waals surface area contributed by atoms with E-state index in [1.54, 1.807) is 23.1 Å². The Morgan fingerprint density at radius 1 is 0.963 bits per heavy atom. The van der Waals surface area contributed by atoms with Crippen LogP contribution in [0, 0.1) is 12.7 Å². The maximum absolute atomic E-state index is 13.8. The van der Waals surface area contributed by atoms with Crippen LogP contribution < -0.4 is 0 Å². The van der Waals surface area contributed by atoms with E-state index in [1.165, 1.54) is 6.07 Å². The van der Waals surface area contributed by atoms with E-state index in [0.717, 1.165) is 29.0 Å². The molecule has 0 aliphatic carbocycles. The number of hydrogen-bond donors (Lipinski definition) is 0. The van der Waals surface area contributed by atoms with E-state index < -0.39 is 0 Å². The van der Waals surface area contributed by atoms with Crippen LogP contribution in [0.2, 0.25) is 0 Å². The summed E-state index contributed by atoms with van der Waals surface area (Å²) in [7, 11) is 0. The Morgan fingerprint density at radius 3 is 2.41 bits per heavy atom. The summed E-state index contributed by atoms with van der Waals surface area (Å²) in [6.45, 7) is 4.46. The van der Waals surface area contributed by atoms with Gasteiger partial charge in [-0.15, -0.1) is 0 Å². The van der Waals surface area contributed by atoms with E-state index in [-0.39, 0.29) is 11.7 Å². The molecule has 2 heterocycles. The predicted molar refractivity (Wildman–Crippen MR) is 101 cm³/mol. The van der Waals surface area contributed by atoms with Gasteiger partial charge in [-0.25, -0.2) is 14.4 Å². The molecule has 0 atom stereocenters. The van der Waals surface area contributed by atoms with Crippen LogP contribution in [0.15, 0.2) is 48.5 Å². The molecule has 6 heteroatoms. The molecule has 0 saturated carbocycles. The van der Waals surface area contributed by atoms with E-state index in [0.29, 0.717) is 31.7 Å². The molecule has 138 valence electrons. The molecule has 1 fully saturated rings. The Morgan fingerprint density at radius 2 is 1.67 bits per heavy atom. The third-order valence-corrected chi connectivity index (χ3v) is 4.93. The number of aromatic nitrogens is 2. The van der Waals surface area contributed by atoms with Crippen LogP contribution in [0.3, 0.4) is 0 Å². The highest BCUT2D eigenvalue weighted by molar-refractivity contribution is 5.79. The van der Waals surface area contributed by atoms with Crippen LogP contribution in [0.5, 0.6) is 0 Å². The lowest BCUT2D eigenvalue weighted by Gasteiger charge is -2.34. The second-order valence-corrected chi connectivity index (χ2v) is 6.86. The first kappa shape index (κ1) is 17.5. The van der Waals surface area contributed by atoms with Gasteiger partial charge in [-0.3, -0.25) is 9.69 Å². The Hall–Kier alpha value is -2.86. The summed E-state index contributed by atoms with van der Waals surface area (Å²) in [4.78, 5) is 25.7. The van der Waals surface area contributed by atoms with Gasteiger partial charge in [0.1, 0.15) is 5.82 Å². The zero-order valence-electron chi connectivity index (χ0n) is 15.2. The van der Waals surface area contributed by atoms with Gasteiger partial charge in [0.2, 0.25) is 5.91 Å². The van der Waals surface area contributed by atoms with Crippen LogP contribution >= 0.6 is 0 Å². The molecule has 4 rings (SSSR count).